The smallest absolute Gasteiger partial charge is 0.136 e. The quantitative estimate of drug-likeness (QED) is 0.824. The van der Waals surface area contributed by atoms with Gasteiger partial charge in [-0.15, -0.1) is 0 Å². The van der Waals surface area contributed by atoms with Crippen molar-refractivity contribution in [1.82, 2.24) is 9.97 Å². The summed E-state index contributed by atoms with van der Waals surface area (Å²) in [5.74, 6) is 4.24. The second-order valence-corrected chi connectivity index (χ2v) is 6.39. The minimum absolute atomic E-state index is 0.504. The fraction of sp³-hybridized carbons (Fsp3) is 0.733. The van der Waals surface area contributed by atoms with Gasteiger partial charge in [0, 0.05) is 25.6 Å². The van der Waals surface area contributed by atoms with Crippen molar-refractivity contribution in [3.05, 3.63) is 11.9 Å². The molecule has 0 aliphatic heterocycles. The molecule has 0 aromatic carbocycles. The SMILES string of the molecule is CNc1cc(NCC2(C(C)C)CC2)nc(C2CC2)n1. The van der Waals surface area contributed by atoms with Gasteiger partial charge in [0.25, 0.3) is 0 Å². The van der Waals surface area contributed by atoms with Crippen LogP contribution in [0.4, 0.5) is 11.6 Å². The lowest BCUT2D eigenvalue weighted by molar-refractivity contribution is 0.380. The molecule has 0 radical (unpaired) electrons. The standard InChI is InChI=1S/C15H24N4/c1-10(2)15(6-7-15)9-17-13-8-12(16-3)18-14(19-13)11-4-5-11/h8,10-11H,4-7,9H2,1-3H3,(H2,16,17,18,19). The van der Waals surface area contributed by atoms with E-state index in [-0.39, 0.29) is 0 Å². The highest BCUT2D eigenvalue weighted by Gasteiger charge is 2.45. The van der Waals surface area contributed by atoms with Crippen LogP contribution in [0.1, 0.15) is 51.3 Å². The average Bonchev–Trinajstić information content (AvgIpc) is 3.29. The van der Waals surface area contributed by atoms with Gasteiger partial charge in [-0.25, -0.2) is 9.97 Å². The Labute approximate surface area is 115 Å². The summed E-state index contributed by atoms with van der Waals surface area (Å²) in [4.78, 5) is 9.22. The largest absolute Gasteiger partial charge is 0.373 e. The van der Waals surface area contributed by atoms with E-state index in [1.165, 1.54) is 25.7 Å². The zero-order valence-corrected chi connectivity index (χ0v) is 12.2. The maximum absolute atomic E-state index is 4.67. The van der Waals surface area contributed by atoms with Gasteiger partial charge in [0.1, 0.15) is 17.5 Å². The van der Waals surface area contributed by atoms with Crippen LogP contribution >= 0.6 is 0 Å². The Morgan fingerprint density at radius 2 is 1.95 bits per heavy atom. The highest BCUT2D eigenvalue weighted by atomic mass is 15.1. The lowest BCUT2D eigenvalue weighted by Crippen LogP contribution is -2.21. The Kier molecular flexibility index (Phi) is 3.11. The lowest BCUT2D eigenvalue weighted by atomic mass is 9.92. The van der Waals surface area contributed by atoms with Gasteiger partial charge in [0.2, 0.25) is 0 Å². The summed E-state index contributed by atoms with van der Waals surface area (Å²) < 4.78 is 0. The molecular formula is C15H24N4. The van der Waals surface area contributed by atoms with Crippen molar-refractivity contribution in [2.45, 2.75) is 45.4 Å². The number of aromatic nitrogens is 2. The molecule has 0 atom stereocenters. The van der Waals surface area contributed by atoms with Crippen LogP contribution in [-0.2, 0) is 0 Å². The summed E-state index contributed by atoms with van der Waals surface area (Å²) in [6, 6.07) is 2.02. The summed E-state index contributed by atoms with van der Waals surface area (Å²) in [5.41, 5.74) is 0.504. The van der Waals surface area contributed by atoms with Crippen LogP contribution in [-0.4, -0.2) is 23.6 Å². The van der Waals surface area contributed by atoms with E-state index >= 15 is 0 Å². The maximum Gasteiger partial charge on any atom is 0.136 e. The van der Waals surface area contributed by atoms with Crippen molar-refractivity contribution >= 4 is 11.6 Å². The average molecular weight is 260 g/mol. The third-order valence-electron chi connectivity index (χ3n) is 4.68. The molecule has 1 heterocycles. The second-order valence-electron chi connectivity index (χ2n) is 6.39. The summed E-state index contributed by atoms with van der Waals surface area (Å²) in [7, 11) is 1.92. The van der Waals surface area contributed by atoms with Crippen LogP contribution in [0.2, 0.25) is 0 Å². The van der Waals surface area contributed by atoms with E-state index in [0.29, 0.717) is 11.3 Å². The molecular weight excluding hydrogens is 236 g/mol. The lowest BCUT2D eigenvalue weighted by Gasteiger charge is -2.20. The van der Waals surface area contributed by atoms with E-state index in [1.54, 1.807) is 0 Å². The minimum Gasteiger partial charge on any atom is -0.373 e. The highest BCUT2D eigenvalue weighted by Crippen LogP contribution is 2.51. The summed E-state index contributed by atoms with van der Waals surface area (Å²) in [6.07, 6.45) is 5.17. The molecule has 1 aromatic heterocycles. The highest BCUT2D eigenvalue weighted by molar-refractivity contribution is 5.48. The molecule has 104 valence electrons. The van der Waals surface area contributed by atoms with E-state index in [2.05, 4.69) is 34.4 Å². The second kappa shape index (κ2) is 4.66. The zero-order valence-electron chi connectivity index (χ0n) is 12.2. The van der Waals surface area contributed by atoms with Crippen LogP contribution in [0, 0.1) is 11.3 Å². The third-order valence-corrected chi connectivity index (χ3v) is 4.68. The number of anilines is 2. The number of nitrogens with one attached hydrogen (secondary N) is 2. The predicted octanol–water partition coefficient (Wildman–Crippen LogP) is 3.24. The molecule has 19 heavy (non-hydrogen) atoms. The number of rotatable bonds is 6. The first kappa shape index (κ1) is 12.7. The molecule has 0 bridgehead atoms. The first-order valence-corrected chi connectivity index (χ1v) is 7.43. The maximum atomic E-state index is 4.67. The first-order chi connectivity index (χ1) is 9.13. The van der Waals surface area contributed by atoms with Gasteiger partial charge in [0.15, 0.2) is 0 Å². The molecule has 0 unspecified atom stereocenters. The van der Waals surface area contributed by atoms with E-state index in [4.69, 9.17) is 0 Å². The molecule has 0 amide bonds. The molecule has 4 nitrogen and oxygen atoms in total. The fourth-order valence-corrected chi connectivity index (χ4v) is 2.59. The van der Waals surface area contributed by atoms with Gasteiger partial charge in [-0.3, -0.25) is 0 Å². The minimum atomic E-state index is 0.504. The van der Waals surface area contributed by atoms with E-state index in [1.807, 2.05) is 13.1 Å². The molecule has 3 rings (SSSR count). The van der Waals surface area contributed by atoms with Gasteiger partial charge in [-0.05, 0) is 37.0 Å². The predicted molar refractivity (Wildman–Crippen MR) is 78.5 cm³/mol. The molecule has 2 saturated carbocycles. The normalized spacial score (nSPS) is 20.4. The number of hydrogen-bond acceptors (Lipinski definition) is 4. The van der Waals surface area contributed by atoms with Gasteiger partial charge < -0.3 is 10.6 Å². The van der Waals surface area contributed by atoms with Crippen molar-refractivity contribution in [2.24, 2.45) is 11.3 Å². The van der Waals surface area contributed by atoms with Crippen LogP contribution in [0.5, 0.6) is 0 Å². The van der Waals surface area contributed by atoms with Crippen LogP contribution in [0.3, 0.4) is 0 Å². The Morgan fingerprint density at radius 3 is 2.47 bits per heavy atom. The van der Waals surface area contributed by atoms with E-state index in [0.717, 1.165) is 29.9 Å². The molecule has 1 aromatic rings. The fourth-order valence-electron chi connectivity index (χ4n) is 2.59. The molecule has 2 aliphatic carbocycles. The topological polar surface area (TPSA) is 49.8 Å². The van der Waals surface area contributed by atoms with Crippen molar-refractivity contribution in [3.8, 4) is 0 Å². The molecule has 0 saturated heterocycles. The summed E-state index contributed by atoms with van der Waals surface area (Å²) in [5, 5.41) is 6.67. The molecule has 4 heteroatoms. The van der Waals surface area contributed by atoms with Gasteiger partial charge in [0.05, 0.1) is 0 Å². The summed E-state index contributed by atoms with van der Waals surface area (Å²) in [6.45, 7) is 5.68. The first-order valence-electron chi connectivity index (χ1n) is 7.43. The van der Waals surface area contributed by atoms with Crippen LogP contribution in [0.25, 0.3) is 0 Å². The van der Waals surface area contributed by atoms with E-state index in [9.17, 15) is 0 Å². The van der Waals surface area contributed by atoms with Crippen molar-refractivity contribution in [1.29, 1.82) is 0 Å². The molecule has 2 fully saturated rings. The summed E-state index contributed by atoms with van der Waals surface area (Å²) >= 11 is 0. The van der Waals surface area contributed by atoms with Crippen molar-refractivity contribution < 1.29 is 0 Å². The molecule has 2 N–H and O–H groups in total. The van der Waals surface area contributed by atoms with Gasteiger partial charge >= 0.3 is 0 Å². The Bertz CT molecular complexity index is 461. The van der Waals surface area contributed by atoms with Gasteiger partial charge in [-0.2, -0.15) is 0 Å². The van der Waals surface area contributed by atoms with Crippen molar-refractivity contribution in [3.63, 3.8) is 0 Å². The number of hydrogen-bond donors (Lipinski definition) is 2. The van der Waals surface area contributed by atoms with Crippen molar-refractivity contribution in [2.75, 3.05) is 24.2 Å². The Hall–Kier alpha value is -1.32. The van der Waals surface area contributed by atoms with Gasteiger partial charge in [-0.1, -0.05) is 13.8 Å². The zero-order chi connectivity index (χ0) is 13.5. The van der Waals surface area contributed by atoms with Crippen LogP contribution in [0.15, 0.2) is 6.07 Å². The third kappa shape index (κ3) is 2.67. The molecule has 0 spiro atoms. The van der Waals surface area contributed by atoms with E-state index < -0.39 is 0 Å². The Balaban J connectivity index is 1.71. The van der Waals surface area contributed by atoms with Crippen LogP contribution < -0.4 is 10.6 Å². The monoisotopic (exact) mass is 260 g/mol. The number of nitrogens with zero attached hydrogens (tertiary/aromatic N) is 2. The Morgan fingerprint density at radius 1 is 1.26 bits per heavy atom. The molecule has 2 aliphatic rings.